The van der Waals surface area contributed by atoms with E-state index >= 15 is 0 Å². The number of nitrogens with zero attached hydrogens (tertiary/aromatic N) is 4. The maximum atomic E-state index is 12.0. The lowest BCUT2D eigenvalue weighted by Crippen LogP contribution is -2.49. The van der Waals surface area contributed by atoms with Crippen molar-refractivity contribution in [3.05, 3.63) is 11.7 Å². The summed E-state index contributed by atoms with van der Waals surface area (Å²) in [6.45, 7) is 7.81. The van der Waals surface area contributed by atoms with Gasteiger partial charge in [0.25, 0.3) is 0 Å². The molecule has 1 unspecified atom stereocenters. The van der Waals surface area contributed by atoms with Gasteiger partial charge in [0, 0.05) is 39.0 Å². The second kappa shape index (κ2) is 10.8. The number of halogens is 2. The number of carbonyl (C=O) groups is 1. The average molecular weight is 368 g/mol. The predicted molar refractivity (Wildman–Crippen MR) is 93.0 cm³/mol. The fourth-order valence-electron chi connectivity index (χ4n) is 2.51. The van der Waals surface area contributed by atoms with Gasteiger partial charge in [0.05, 0.1) is 6.04 Å². The Balaban J connectivity index is 0.00000242. The molecular formula is C14H27Cl2N5O2. The zero-order chi connectivity index (χ0) is 15.2. The molecule has 9 heteroatoms. The molecular weight excluding hydrogens is 341 g/mol. The van der Waals surface area contributed by atoms with Crippen molar-refractivity contribution in [2.75, 3.05) is 32.7 Å². The Morgan fingerprint density at radius 2 is 1.96 bits per heavy atom. The van der Waals surface area contributed by atoms with Crippen LogP contribution in [0.1, 0.15) is 44.4 Å². The van der Waals surface area contributed by atoms with E-state index in [0.29, 0.717) is 18.9 Å². The summed E-state index contributed by atoms with van der Waals surface area (Å²) in [5.74, 6) is 1.61. The summed E-state index contributed by atoms with van der Waals surface area (Å²) in [4.78, 5) is 20.5. The third-order valence-corrected chi connectivity index (χ3v) is 3.97. The molecule has 23 heavy (non-hydrogen) atoms. The summed E-state index contributed by atoms with van der Waals surface area (Å²) >= 11 is 0. The molecule has 2 N–H and O–H groups in total. The van der Waals surface area contributed by atoms with Crippen molar-refractivity contribution in [3.63, 3.8) is 0 Å². The molecule has 1 fully saturated rings. The van der Waals surface area contributed by atoms with Crippen LogP contribution >= 0.6 is 24.8 Å². The van der Waals surface area contributed by atoms with E-state index in [1.165, 1.54) is 0 Å². The molecule has 1 aromatic rings. The standard InChI is InChI=1S/C14H25N5O2.2ClH/c1-3-12-16-14(21-17-12)11(2)18-7-9-19(10-8-18)13(20)5-4-6-15;;/h11H,3-10,15H2,1-2H3;2*1H. The van der Waals surface area contributed by atoms with Crippen LogP contribution < -0.4 is 5.73 Å². The van der Waals surface area contributed by atoms with E-state index in [9.17, 15) is 4.79 Å². The third kappa shape index (κ3) is 5.91. The first kappa shape index (κ1) is 22.1. The van der Waals surface area contributed by atoms with E-state index < -0.39 is 0 Å². The normalized spacial score (nSPS) is 16.4. The molecule has 134 valence electrons. The van der Waals surface area contributed by atoms with Gasteiger partial charge in [0.2, 0.25) is 11.8 Å². The van der Waals surface area contributed by atoms with Gasteiger partial charge in [-0.15, -0.1) is 24.8 Å². The number of aromatic nitrogens is 2. The quantitative estimate of drug-likeness (QED) is 0.817. The molecule has 1 saturated heterocycles. The second-order valence-corrected chi connectivity index (χ2v) is 5.39. The molecule has 0 bridgehead atoms. The Hall–Kier alpha value is -0.890. The van der Waals surface area contributed by atoms with Gasteiger partial charge < -0.3 is 15.2 Å². The minimum Gasteiger partial charge on any atom is -0.340 e. The molecule has 1 aliphatic heterocycles. The van der Waals surface area contributed by atoms with E-state index in [2.05, 4.69) is 22.0 Å². The van der Waals surface area contributed by atoms with Crippen LogP contribution in [0, 0.1) is 0 Å². The van der Waals surface area contributed by atoms with Crippen molar-refractivity contribution < 1.29 is 9.32 Å². The molecule has 1 aromatic heterocycles. The number of carbonyl (C=O) groups excluding carboxylic acids is 1. The zero-order valence-electron chi connectivity index (χ0n) is 13.7. The van der Waals surface area contributed by atoms with Crippen LogP contribution in [0.4, 0.5) is 0 Å². The van der Waals surface area contributed by atoms with Crippen LogP contribution in [0.15, 0.2) is 4.52 Å². The van der Waals surface area contributed by atoms with Gasteiger partial charge in [-0.3, -0.25) is 9.69 Å². The smallest absolute Gasteiger partial charge is 0.243 e. The summed E-state index contributed by atoms with van der Waals surface area (Å²) in [7, 11) is 0. The number of amides is 1. The number of aryl methyl sites for hydroxylation is 1. The monoisotopic (exact) mass is 367 g/mol. The fraction of sp³-hybridized carbons (Fsp3) is 0.786. The minimum atomic E-state index is 0. The fourth-order valence-corrected chi connectivity index (χ4v) is 2.51. The molecule has 0 aromatic carbocycles. The van der Waals surface area contributed by atoms with Crippen molar-refractivity contribution in [2.45, 2.75) is 39.2 Å². The Morgan fingerprint density at radius 3 is 2.48 bits per heavy atom. The third-order valence-electron chi connectivity index (χ3n) is 3.97. The predicted octanol–water partition coefficient (Wildman–Crippen LogP) is 1.42. The summed E-state index contributed by atoms with van der Waals surface area (Å²) in [6, 6.07) is 0.0964. The van der Waals surface area contributed by atoms with Crippen LogP contribution in [-0.4, -0.2) is 58.6 Å². The minimum absolute atomic E-state index is 0. The second-order valence-electron chi connectivity index (χ2n) is 5.39. The van der Waals surface area contributed by atoms with E-state index in [-0.39, 0.29) is 36.8 Å². The zero-order valence-corrected chi connectivity index (χ0v) is 15.4. The number of hydrogen-bond donors (Lipinski definition) is 1. The molecule has 1 atom stereocenters. The first-order valence-corrected chi connectivity index (χ1v) is 7.70. The average Bonchev–Trinajstić information content (AvgIpc) is 3.01. The highest BCUT2D eigenvalue weighted by atomic mass is 35.5. The van der Waals surface area contributed by atoms with Crippen LogP contribution in [0.2, 0.25) is 0 Å². The van der Waals surface area contributed by atoms with Crippen LogP contribution in [-0.2, 0) is 11.2 Å². The van der Waals surface area contributed by atoms with Crippen molar-refractivity contribution >= 4 is 30.7 Å². The molecule has 1 aliphatic rings. The SMILES string of the molecule is CCc1noc(C(C)N2CCN(C(=O)CCCN)CC2)n1.Cl.Cl. The maximum absolute atomic E-state index is 12.0. The summed E-state index contributed by atoms with van der Waals surface area (Å²) in [5.41, 5.74) is 5.44. The highest BCUT2D eigenvalue weighted by Crippen LogP contribution is 2.20. The van der Waals surface area contributed by atoms with Gasteiger partial charge in [-0.2, -0.15) is 4.98 Å². The Labute approximate surface area is 149 Å². The van der Waals surface area contributed by atoms with E-state index in [4.69, 9.17) is 10.3 Å². The summed E-state index contributed by atoms with van der Waals surface area (Å²) < 4.78 is 5.30. The molecule has 0 aliphatic carbocycles. The van der Waals surface area contributed by atoms with Crippen molar-refractivity contribution in [3.8, 4) is 0 Å². The number of piperazine rings is 1. The lowest BCUT2D eigenvalue weighted by atomic mass is 10.2. The highest BCUT2D eigenvalue weighted by molar-refractivity contribution is 5.85. The largest absolute Gasteiger partial charge is 0.340 e. The lowest BCUT2D eigenvalue weighted by Gasteiger charge is -2.36. The molecule has 0 saturated carbocycles. The molecule has 7 nitrogen and oxygen atoms in total. The maximum Gasteiger partial charge on any atom is 0.243 e. The Morgan fingerprint density at radius 1 is 1.30 bits per heavy atom. The van der Waals surface area contributed by atoms with Gasteiger partial charge in [-0.05, 0) is 19.9 Å². The summed E-state index contributed by atoms with van der Waals surface area (Å²) in [5, 5.41) is 3.94. The number of rotatable bonds is 6. The topological polar surface area (TPSA) is 88.5 Å². The van der Waals surface area contributed by atoms with Crippen LogP contribution in [0.25, 0.3) is 0 Å². The first-order valence-electron chi connectivity index (χ1n) is 7.70. The van der Waals surface area contributed by atoms with Crippen LogP contribution in [0.3, 0.4) is 0 Å². The van der Waals surface area contributed by atoms with E-state index in [1.807, 2.05) is 11.8 Å². The molecule has 1 amide bonds. The molecule has 2 heterocycles. The van der Waals surface area contributed by atoms with Crippen molar-refractivity contribution in [2.24, 2.45) is 5.73 Å². The first-order chi connectivity index (χ1) is 10.2. The number of nitrogens with two attached hydrogens (primary N) is 1. The molecule has 2 rings (SSSR count). The van der Waals surface area contributed by atoms with Gasteiger partial charge >= 0.3 is 0 Å². The van der Waals surface area contributed by atoms with E-state index in [1.54, 1.807) is 0 Å². The van der Waals surface area contributed by atoms with Gasteiger partial charge in [0.15, 0.2) is 5.82 Å². The lowest BCUT2D eigenvalue weighted by molar-refractivity contribution is -0.133. The van der Waals surface area contributed by atoms with Gasteiger partial charge in [-0.1, -0.05) is 12.1 Å². The Bertz CT molecular complexity index is 464. The number of hydrogen-bond acceptors (Lipinski definition) is 6. The summed E-state index contributed by atoms with van der Waals surface area (Å²) in [6.07, 6.45) is 2.09. The molecule has 0 spiro atoms. The van der Waals surface area contributed by atoms with Crippen molar-refractivity contribution in [1.29, 1.82) is 0 Å². The van der Waals surface area contributed by atoms with Crippen LogP contribution in [0.5, 0.6) is 0 Å². The van der Waals surface area contributed by atoms with Crippen molar-refractivity contribution in [1.82, 2.24) is 19.9 Å². The highest BCUT2D eigenvalue weighted by Gasteiger charge is 2.27. The van der Waals surface area contributed by atoms with E-state index in [0.717, 1.165) is 44.8 Å². The van der Waals surface area contributed by atoms with Gasteiger partial charge in [0.1, 0.15) is 0 Å². The Kier molecular flexibility index (Phi) is 10.4. The van der Waals surface area contributed by atoms with Gasteiger partial charge in [-0.25, -0.2) is 0 Å². The molecule has 0 radical (unpaired) electrons.